The summed E-state index contributed by atoms with van der Waals surface area (Å²) in [6.07, 6.45) is 1.40. The van der Waals surface area contributed by atoms with Gasteiger partial charge in [-0.25, -0.2) is 0 Å². The van der Waals surface area contributed by atoms with E-state index in [-0.39, 0.29) is 18.1 Å². The van der Waals surface area contributed by atoms with Crippen molar-refractivity contribution in [2.24, 2.45) is 11.8 Å². The summed E-state index contributed by atoms with van der Waals surface area (Å²) in [5.41, 5.74) is 2.84. The molecule has 0 aliphatic carbocycles. The fourth-order valence-corrected chi connectivity index (χ4v) is 5.24. The van der Waals surface area contributed by atoms with Crippen molar-refractivity contribution in [3.05, 3.63) is 59.2 Å². The molecule has 0 unspecified atom stereocenters. The summed E-state index contributed by atoms with van der Waals surface area (Å²) >= 11 is 0. The van der Waals surface area contributed by atoms with Gasteiger partial charge in [0.15, 0.2) is 0 Å². The van der Waals surface area contributed by atoms with E-state index in [9.17, 15) is 9.90 Å². The van der Waals surface area contributed by atoms with Crippen molar-refractivity contribution in [2.45, 2.75) is 70.7 Å². The quantitative estimate of drug-likeness (QED) is 0.620. The van der Waals surface area contributed by atoms with E-state index in [1.807, 2.05) is 24.3 Å². The van der Waals surface area contributed by atoms with Crippen LogP contribution in [0.25, 0.3) is 0 Å². The Morgan fingerprint density at radius 2 is 1.97 bits per heavy atom. The SMILES string of the molecule is COc1cccc(CC[C@@H]2O[C@@H]3c4cccc(C(C)C)c4OC(C)(C)[C@H]3C[C@H]2C(=O)O)c1. The molecule has 2 aliphatic rings. The van der Waals surface area contributed by atoms with Crippen molar-refractivity contribution in [2.75, 3.05) is 7.11 Å². The van der Waals surface area contributed by atoms with Gasteiger partial charge in [-0.15, -0.1) is 0 Å². The largest absolute Gasteiger partial charge is 0.497 e. The van der Waals surface area contributed by atoms with Gasteiger partial charge in [-0.3, -0.25) is 4.79 Å². The van der Waals surface area contributed by atoms with Crippen LogP contribution in [0.5, 0.6) is 11.5 Å². The lowest BCUT2D eigenvalue weighted by Crippen LogP contribution is -2.52. The monoisotopic (exact) mass is 438 g/mol. The highest BCUT2D eigenvalue weighted by Crippen LogP contribution is 2.54. The highest BCUT2D eigenvalue weighted by molar-refractivity contribution is 5.71. The molecule has 32 heavy (non-hydrogen) atoms. The Morgan fingerprint density at radius 3 is 2.66 bits per heavy atom. The van der Waals surface area contributed by atoms with E-state index in [0.29, 0.717) is 18.8 Å². The smallest absolute Gasteiger partial charge is 0.309 e. The number of aliphatic carboxylic acids is 1. The molecule has 4 atom stereocenters. The van der Waals surface area contributed by atoms with Crippen LogP contribution in [0, 0.1) is 11.8 Å². The average molecular weight is 439 g/mol. The average Bonchev–Trinajstić information content (AvgIpc) is 2.76. The molecule has 0 aromatic heterocycles. The molecule has 1 fully saturated rings. The molecule has 4 rings (SSSR count). The molecule has 1 N–H and O–H groups in total. The maximum absolute atomic E-state index is 12.2. The number of ether oxygens (including phenoxy) is 3. The summed E-state index contributed by atoms with van der Waals surface area (Å²) < 4.78 is 18.5. The van der Waals surface area contributed by atoms with Gasteiger partial charge in [-0.2, -0.15) is 0 Å². The van der Waals surface area contributed by atoms with E-state index >= 15 is 0 Å². The Hall–Kier alpha value is -2.53. The van der Waals surface area contributed by atoms with Gasteiger partial charge >= 0.3 is 5.97 Å². The second kappa shape index (κ2) is 8.78. The van der Waals surface area contributed by atoms with Crippen molar-refractivity contribution in [3.63, 3.8) is 0 Å². The minimum Gasteiger partial charge on any atom is -0.497 e. The maximum Gasteiger partial charge on any atom is 0.309 e. The van der Waals surface area contributed by atoms with E-state index < -0.39 is 17.5 Å². The predicted molar refractivity (Wildman–Crippen MR) is 123 cm³/mol. The first-order valence-electron chi connectivity index (χ1n) is 11.5. The molecule has 5 heteroatoms. The third kappa shape index (κ3) is 4.23. The number of hydrogen-bond donors (Lipinski definition) is 1. The van der Waals surface area contributed by atoms with Crippen LogP contribution < -0.4 is 9.47 Å². The normalized spacial score (nSPS) is 26.1. The molecule has 2 aromatic rings. The number of hydrogen-bond acceptors (Lipinski definition) is 4. The first kappa shape index (κ1) is 22.7. The molecule has 2 aromatic carbocycles. The third-order valence-electron chi connectivity index (χ3n) is 7.07. The van der Waals surface area contributed by atoms with E-state index in [2.05, 4.69) is 45.9 Å². The second-order valence-electron chi connectivity index (χ2n) is 9.90. The molecule has 0 bridgehead atoms. The molecule has 0 spiro atoms. The summed E-state index contributed by atoms with van der Waals surface area (Å²) in [6, 6.07) is 14.2. The molecule has 2 aliphatic heterocycles. The molecule has 0 amide bonds. The molecule has 172 valence electrons. The van der Waals surface area contributed by atoms with E-state index in [1.165, 1.54) is 5.56 Å². The van der Waals surface area contributed by atoms with E-state index in [0.717, 1.165) is 29.0 Å². The van der Waals surface area contributed by atoms with Gasteiger partial charge in [0.2, 0.25) is 0 Å². The lowest BCUT2D eigenvalue weighted by molar-refractivity contribution is -0.188. The molecule has 1 saturated heterocycles. The van der Waals surface area contributed by atoms with Crippen LogP contribution in [0.2, 0.25) is 0 Å². The van der Waals surface area contributed by atoms with Crippen LogP contribution in [0.15, 0.2) is 42.5 Å². The minimum atomic E-state index is -0.795. The zero-order valence-electron chi connectivity index (χ0n) is 19.6. The number of aryl methyl sites for hydroxylation is 1. The number of para-hydroxylation sites is 1. The van der Waals surface area contributed by atoms with Gasteiger partial charge < -0.3 is 19.3 Å². The van der Waals surface area contributed by atoms with Crippen LogP contribution in [0.1, 0.15) is 69.2 Å². The van der Waals surface area contributed by atoms with Crippen LogP contribution in [0.3, 0.4) is 0 Å². The van der Waals surface area contributed by atoms with Gasteiger partial charge in [-0.1, -0.05) is 44.2 Å². The van der Waals surface area contributed by atoms with Crippen LogP contribution in [0.4, 0.5) is 0 Å². The summed E-state index contributed by atoms with van der Waals surface area (Å²) in [4.78, 5) is 12.2. The number of rotatable bonds is 6. The molecule has 0 radical (unpaired) electrons. The van der Waals surface area contributed by atoms with Gasteiger partial charge in [0.1, 0.15) is 17.1 Å². The van der Waals surface area contributed by atoms with Gasteiger partial charge in [0, 0.05) is 11.5 Å². The van der Waals surface area contributed by atoms with E-state index in [4.69, 9.17) is 14.2 Å². The van der Waals surface area contributed by atoms with Gasteiger partial charge in [-0.05, 0) is 62.3 Å². The Labute approximate surface area is 190 Å². The number of carboxylic acids is 1. The standard InChI is InChI=1S/C27H34O5/c1-16(2)19-10-7-11-20-24(19)32-27(3,4)22-15-21(26(28)29)23(31-25(20)22)13-12-17-8-6-9-18(14-17)30-5/h6-11,14,16,21-23,25H,12-13,15H2,1-5H3,(H,28,29)/t21-,22+,23+,25-/m1/s1. The van der Waals surface area contributed by atoms with Crippen LogP contribution in [-0.2, 0) is 16.0 Å². The van der Waals surface area contributed by atoms with Gasteiger partial charge in [0.05, 0.1) is 25.2 Å². The zero-order valence-corrected chi connectivity index (χ0v) is 19.6. The van der Waals surface area contributed by atoms with Crippen molar-refractivity contribution in [1.29, 1.82) is 0 Å². The second-order valence-corrected chi connectivity index (χ2v) is 9.90. The summed E-state index contributed by atoms with van der Waals surface area (Å²) in [5, 5.41) is 10.0. The number of benzene rings is 2. The first-order valence-corrected chi connectivity index (χ1v) is 11.5. The fourth-order valence-electron chi connectivity index (χ4n) is 5.24. The molecule has 2 heterocycles. The van der Waals surface area contributed by atoms with Crippen molar-refractivity contribution < 1.29 is 24.1 Å². The summed E-state index contributed by atoms with van der Waals surface area (Å²) in [6.45, 7) is 8.45. The number of methoxy groups -OCH3 is 1. The van der Waals surface area contributed by atoms with Crippen molar-refractivity contribution in [1.82, 2.24) is 0 Å². The maximum atomic E-state index is 12.2. The highest BCUT2D eigenvalue weighted by Gasteiger charge is 2.52. The minimum absolute atomic E-state index is 0.0217. The summed E-state index contributed by atoms with van der Waals surface area (Å²) in [5.74, 6) is 0.677. The third-order valence-corrected chi connectivity index (χ3v) is 7.07. The topological polar surface area (TPSA) is 65.0 Å². The number of carboxylic acid groups (broad SMARTS) is 1. The Morgan fingerprint density at radius 1 is 1.22 bits per heavy atom. The summed E-state index contributed by atoms with van der Waals surface area (Å²) in [7, 11) is 1.65. The van der Waals surface area contributed by atoms with Crippen LogP contribution in [-0.4, -0.2) is 29.9 Å². The Balaban J connectivity index is 1.64. The lowest BCUT2D eigenvalue weighted by Gasteiger charge is -2.51. The van der Waals surface area contributed by atoms with Crippen molar-refractivity contribution >= 4 is 5.97 Å². The number of fused-ring (bicyclic) bond motifs is 3. The molecule has 0 saturated carbocycles. The lowest BCUT2D eigenvalue weighted by atomic mass is 9.71. The highest BCUT2D eigenvalue weighted by atomic mass is 16.5. The zero-order chi connectivity index (χ0) is 23.0. The number of carbonyl (C=O) groups is 1. The molecular weight excluding hydrogens is 404 g/mol. The Bertz CT molecular complexity index is 980. The predicted octanol–water partition coefficient (Wildman–Crippen LogP) is 5.77. The first-order chi connectivity index (χ1) is 15.2. The van der Waals surface area contributed by atoms with Gasteiger partial charge in [0.25, 0.3) is 0 Å². The van der Waals surface area contributed by atoms with Crippen LogP contribution >= 0.6 is 0 Å². The molecular formula is C27H34O5. The fraction of sp³-hybridized carbons (Fsp3) is 0.519. The van der Waals surface area contributed by atoms with E-state index in [1.54, 1.807) is 7.11 Å². The van der Waals surface area contributed by atoms with Crippen molar-refractivity contribution in [3.8, 4) is 11.5 Å². The Kier molecular flexibility index (Phi) is 6.22. The molecule has 5 nitrogen and oxygen atoms in total.